The van der Waals surface area contributed by atoms with Gasteiger partial charge in [-0.1, -0.05) is 200 Å². The molecule has 0 aliphatic carbocycles. The van der Waals surface area contributed by atoms with Crippen LogP contribution < -0.4 is 0 Å². The van der Waals surface area contributed by atoms with Crippen LogP contribution in [0.25, 0.3) is 0 Å². The molecule has 0 aromatic rings. The molecule has 0 aromatic heterocycles. The Morgan fingerprint density at radius 3 is 1.38 bits per heavy atom. The van der Waals surface area contributed by atoms with Crippen molar-refractivity contribution in [3.05, 3.63) is 0 Å². The summed E-state index contributed by atoms with van der Waals surface area (Å²) >= 11 is 0. The molecule has 0 saturated carbocycles. The Kier molecular flexibility index (Phi) is 35.9. The summed E-state index contributed by atoms with van der Waals surface area (Å²) in [6, 6.07) is 0. The summed E-state index contributed by atoms with van der Waals surface area (Å²) in [5.74, 6) is -0.393. The highest BCUT2D eigenvalue weighted by atomic mass is 32.3. The van der Waals surface area contributed by atoms with Crippen molar-refractivity contribution in [2.24, 2.45) is 0 Å². The summed E-state index contributed by atoms with van der Waals surface area (Å²) in [6.45, 7) is 4.04. The summed E-state index contributed by atoms with van der Waals surface area (Å²) in [5, 5.41) is 30.7. The monoisotopic (exact) mass is 853 g/mol. The van der Waals surface area contributed by atoms with Gasteiger partial charge < -0.3 is 34.3 Å². The lowest BCUT2D eigenvalue weighted by Gasteiger charge is -2.41. The summed E-state index contributed by atoms with van der Waals surface area (Å²) in [5.41, 5.74) is 0. The first-order chi connectivity index (χ1) is 28.1. The Morgan fingerprint density at radius 2 is 0.983 bits per heavy atom. The molecule has 1 saturated heterocycles. The minimum absolute atomic E-state index is 0.0448. The Balaban J connectivity index is 2.38. The number of rotatable bonds is 42. The minimum Gasteiger partial charge on any atom is -0.457 e. The number of hydrogen-bond donors (Lipinski definition) is 4. The molecule has 4 N–H and O–H groups in total. The van der Waals surface area contributed by atoms with E-state index in [1.807, 2.05) is 0 Å². The minimum atomic E-state index is -5.06. The van der Waals surface area contributed by atoms with Crippen molar-refractivity contribution in [3.63, 3.8) is 0 Å². The Morgan fingerprint density at radius 1 is 0.586 bits per heavy atom. The van der Waals surface area contributed by atoms with E-state index >= 15 is 0 Å². The van der Waals surface area contributed by atoms with Crippen LogP contribution in [0.2, 0.25) is 0 Å². The largest absolute Gasteiger partial charge is 0.457 e. The van der Waals surface area contributed by atoms with Crippen LogP contribution in [0.3, 0.4) is 0 Å². The zero-order valence-corrected chi connectivity index (χ0v) is 37.7. The van der Waals surface area contributed by atoms with E-state index in [0.29, 0.717) is 13.0 Å². The number of aliphatic hydroxyl groups excluding tert-OH is 3. The molecule has 6 atom stereocenters. The third-order valence-electron chi connectivity index (χ3n) is 11.2. The molecule has 0 spiro atoms. The summed E-state index contributed by atoms with van der Waals surface area (Å²) in [7, 11) is -5.06. The van der Waals surface area contributed by atoms with Crippen LogP contribution in [0.1, 0.15) is 219 Å². The lowest BCUT2D eigenvalue weighted by atomic mass is 9.99. The molecule has 346 valence electrons. The molecule has 1 aliphatic rings. The van der Waals surface area contributed by atoms with Gasteiger partial charge >= 0.3 is 16.4 Å². The van der Waals surface area contributed by atoms with Crippen molar-refractivity contribution in [2.75, 3.05) is 26.4 Å². The maximum atomic E-state index is 12.8. The summed E-state index contributed by atoms with van der Waals surface area (Å²) < 4.78 is 59.1. The Hall–Kier alpha value is -0.900. The van der Waals surface area contributed by atoms with E-state index in [1.54, 1.807) is 0 Å². The molecule has 0 amide bonds. The van der Waals surface area contributed by atoms with E-state index in [-0.39, 0.29) is 19.6 Å². The predicted molar refractivity (Wildman–Crippen MR) is 230 cm³/mol. The lowest BCUT2D eigenvalue weighted by molar-refractivity contribution is -0.301. The van der Waals surface area contributed by atoms with Gasteiger partial charge in [-0.05, 0) is 12.8 Å². The second kappa shape index (κ2) is 37.8. The zero-order chi connectivity index (χ0) is 42.5. The number of hydrogen-bond acceptors (Lipinski definition) is 11. The fraction of sp³-hybridized carbons (Fsp3) is 0.978. The van der Waals surface area contributed by atoms with E-state index in [4.69, 9.17) is 23.5 Å². The van der Waals surface area contributed by atoms with Crippen LogP contribution in [0.5, 0.6) is 0 Å². The molecule has 6 unspecified atom stereocenters. The van der Waals surface area contributed by atoms with Gasteiger partial charge in [-0.25, -0.2) is 4.18 Å². The molecule has 1 fully saturated rings. The van der Waals surface area contributed by atoms with Crippen LogP contribution in [-0.4, -0.2) is 97.5 Å². The quantitative estimate of drug-likeness (QED) is 0.0260. The maximum Gasteiger partial charge on any atom is 0.397 e. The van der Waals surface area contributed by atoms with E-state index in [9.17, 15) is 28.5 Å². The highest BCUT2D eigenvalue weighted by Crippen LogP contribution is 2.26. The smallest absolute Gasteiger partial charge is 0.397 e. The topological polar surface area (TPSA) is 178 Å². The highest BCUT2D eigenvalue weighted by Gasteiger charge is 2.48. The molecule has 1 aliphatic heterocycles. The van der Waals surface area contributed by atoms with E-state index in [0.717, 1.165) is 38.5 Å². The van der Waals surface area contributed by atoms with Crippen LogP contribution in [-0.2, 0) is 38.3 Å². The Labute approximate surface area is 354 Å². The first-order valence-corrected chi connectivity index (χ1v) is 25.2. The molecule has 12 nitrogen and oxygen atoms in total. The van der Waals surface area contributed by atoms with Gasteiger partial charge in [0.25, 0.3) is 0 Å². The van der Waals surface area contributed by atoms with Crippen molar-refractivity contribution in [1.29, 1.82) is 0 Å². The third-order valence-corrected chi connectivity index (χ3v) is 11.7. The van der Waals surface area contributed by atoms with Gasteiger partial charge in [-0.3, -0.25) is 9.35 Å². The zero-order valence-electron chi connectivity index (χ0n) is 36.9. The van der Waals surface area contributed by atoms with Gasteiger partial charge in [0.15, 0.2) is 6.29 Å². The first-order valence-electron chi connectivity index (χ1n) is 23.8. The first kappa shape index (κ1) is 55.1. The molecule has 0 aromatic carbocycles. The third kappa shape index (κ3) is 31.0. The summed E-state index contributed by atoms with van der Waals surface area (Å²) in [4.78, 5) is 12.8. The number of aliphatic hydroxyl groups is 3. The average molecular weight is 853 g/mol. The lowest BCUT2D eigenvalue weighted by Crippen LogP contribution is -2.60. The number of esters is 1. The van der Waals surface area contributed by atoms with Crippen molar-refractivity contribution >= 4 is 16.4 Å². The van der Waals surface area contributed by atoms with Crippen molar-refractivity contribution in [3.8, 4) is 0 Å². The SMILES string of the molecule is CCCCCCCCCCCCCCCCCCCOCC(COC1OC(CO)C(O)C(OS(=O)(=O)O)C1O)OC(=O)CCCCCCCCCCCCCCCC. The van der Waals surface area contributed by atoms with Crippen molar-refractivity contribution < 1.29 is 56.2 Å². The number of carbonyl (C=O) groups excluding carboxylic acids is 1. The molecule has 13 heteroatoms. The van der Waals surface area contributed by atoms with Crippen LogP contribution in [0.15, 0.2) is 0 Å². The van der Waals surface area contributed by atoms with Gasteiger partial charge in [0.05, 0.1) is 19.8 Å². The second-order valence-electron chi connectivity index (χ2n) is 16.7. The van der Waals surface area contributed by atoms with E-state index < -0.39 is 59.8 Å². The second-order valence-corrected chi connectivity index (χ2v) is 17.8. The molecule has 0 bridgehead atoms. The predicted octanol–water partition coefficient (Wildman–Crippen LogP) is 10.1. The van der Waals surface area contributed by atoms with Crippen molar-refractivity contribution in [2.45, 2.75) is 256 Å². The molecule has 1 rings (SSSR count). The van der Waals surface area contributed by atoms with Gasteiger partial charge in [0, 0.05) is 13.0 Å². The standard InChI is InChI=1S/C45H88O12S/c1-3-5-7-9-11-13-15-17-19-20-21-23-25-27-29-31-33-35-53-37-39(38-54-45-43(49)44(57-58(50,51)52)42(48)40(36-46)56-45)55-41(47)34-32-30-28-26-24-22-18-16-14-12-10-8-6-4-2/h39-40,42-46,48-49H,3-38H2,1-2H3,(H,50,51,52). The van der Waals surface area contributed by atoms with Crippen LogP contribution >= 0.6 is 0 Å². The van der Waals surface area contributed by atoms with Gasteiger partial charge in [0.1, 0.15) is 30.5 Å². The normalized spacial score (nSPS) is 20.4. The number of carbonyl (C=O) groups is 1. The molecular weight excluding hydrogens is 765 g/mol. The highest BCUT2D eigenvalue weighted by molar-refractivity contribution is 7.80. The van der Waals surface area contributed by atoms with Gasteiger partial charge in [-0.2, -0.15) is 8.42 Å². The average Bonchev–Trinajstić information content (AvgIpc) is 3.19. The number of ether oxygens (including phenoxy) is 4. The molecule has 58 heavy (non-hydrogen) atoms. The number of unbranched alkanes of at least 4 members (excludes halogenated alkanes) is 29. The Bertz CT molecular complexity index is 1030. The van der Waals surface area contributed by atoms with Gasteiger partial charge in [-0.15, -0.1) is 0 Å². The fourth-order valence-electron chi connectivity index (χ4n) is 7.62. The maximum absolute atomic E-state index is 12.8. The molecule has 1 heterocycles. The molecule has 0 radical (unpaired) electrons. The molecular formula is C45H88O12S. The van der Waals surface area contributed by atoms with E-state index in [2.05, 4.69) is 18.0 Å². The van der Waals surface area contributed by atoms with Crippen LogP contribution in [0.4, 0.5) is 0 Å². The van der Waals surface area contributed by atoms with Crippen LogP contribution in [0, 0.1) is 0 Å². The summed E-state index contributed by atoms with van der Waals surface area (Å²) in [6.07, 6.45) is 29.9. The van der Waals surface area contributed by atoms with Gasteiger partial charge in [0.2, 0.25) is 0 Å². The fourth-order valence-corrected chi connectivity index (χ4v) is 8.12. The van der Waals surface area contributed by atoms with E-state index in [1.165, 1.54) is 154 Å². The van der Waals surface area contributed by atoms with Crippen molar-refractivity contribution in [1.82, 2.24) is 0 Å².